The van der Waals surface area contributed by atoms with Crippen molar-refractivity contribution >= 4 is 22.9 Å². The molecule has 0 aliphatic carbocycles. The van der Waals surface area contributed by atoms with Crippen molar-refractivity contribution in [2.24, 2.45) is 0 Å². The molecular weight excluding hydrogens is 270 g/mol. The predicted molar refractivity (Wildman–Crippen MR) is 77.0 cm³/mol. The number of rotatable bonds is 3. The van der Waals surface area contributed by atoms with Crippen LogP contribution in [0.4, 0.5) is 0 Å². The van der Waals surface area contributed by atoms with E-state index >= 15 is 0 Å². The molecule has 0 radical (unpaired) electrons. The number of aliphatic carboxylic acids is 1. The number of aromatic amines is 1. The molecule has 0 saturated carbocycles. The highest BCUT2D eigenvalue weighted by atomic mass is 16.4. The Morgan fingerprint density at radius 3 is 3.05 bits per heavy atom. The van der Waals surface area contributed by atoms with E-state index in [-0.39, 0.29) is 18.4 Å². The van der Waals surface area contributed by atoms with Crippen LogP contribution in [0.2, 0.25) is 0 Å². The second-order valence-corrected chi connectivity index (χ2v) is 5.38. The summed E-state index contributed by atoms with van der Waals surface area (Å²) in [6, 6.07) is 5.12. The van der Waals surface area contributed by atoms with Crippen molar-refractivity contribution in [3.05, 3.63) is 30.1 Å². The first-order valence-electron chi connectivity index (χ1n) is 7.11. The van der Waals surface area contributed by atoms with E-state index < -0.39 is 5.97 Å². The number of amides is 1. The number of aromatic nitrogens is 2. The number of carboxylic acid groups (broad SMARTS) is 1. The standard InChI is InChI=1S/C15H17N3O3/c19-14(20)8-11-3-1-2-6-18(11)15(21)10-4-5-12-13(7-10)17-9-16-12/h4-5,7,9,11H,1-3,6,8H2,(H,16,17)(H,19,20). The molecule has 6 heteroatoms. The van der Waals surface area contributed by atoms with Gasteiger partial charge in [0.1, 0.15) is 0 Å². The topological polar surface area (TPSA) is 86.3 Å². The van der Waals surface area contributed by atoms with Crippen molar-refractivity contribution in [3.8, 4) is 0 Å². The number of imidazole rings is 1. The summed E-state index contributed by atoms with van der Waals surface area (Å²) in [5, 5.41) is 9.00. The molecule has 21 heavy (non-hydrogen) atoms. The summed E-state index contributed by atoms with van der Waals surface area (Å²) < 4.78 is 0. The summed E-state index contributed by atoms with van der Waals surface area (Å²) in [5.74, 6) is -0.957. The van der Waals surface area contributed by atoms with Gasteiger partial charge in [0.15, 0.2) is 0 Å². The first-order chi connectivity index (χ1) is 10.1. The summed E-state index contributed by atoms with van der Waals surface area (Å²) in [5.41, 5.74) is 2.20. The number of nitrogens with zero attached hydrogens (tertiary/aromatic N) is 2. The zero-order chi connectivity index (χ0) is 14.8. The van der Waals surface area contributed by atoms with E-state index in [1.54, 1.807) is 29.4 Å². The molecule has 1 aliphatic heterocycles. The maximum atomic E-state index is 12.7. The van der Waals surface area contributed by atoms with Crippen LogP contribution >= 0.6 is 0 Å². The maximum absolute atomic E-state index is 12.7. The minimum absolute atomic E-state index is 0.0119. The van der Waals surface area contributed by atoms with E-state index in [2.05, 4.69) is 9.97 Å². The van der Waals surface area contributed by atoms with Crippen molar-refractivity contribution in [1.29, 1.82) is 0 Å². The third kappa shape index (κ3) is 2.74. The van der Waals surface area contributed by atoms with Crippen LogP contribution in [0, 0.1) is 0 Å². The Kier molecular flexibility index (Phi) is 3.60. The average molecular weight is 287 g/mol. The van der Waals surface area contributed by atoms with E-state index in [4.69, 9.17) is 5.11 Å². The Balaban J connectivity index is 1.85. The molecular formula is C15H17N3O3. The van der Waals surface area contributed by atoms with Gasteiger partial charge in [-0.2, -0.15) is 0 Å². The summed E-state index contributed by atoms with van der Waals surface area (Å²) >= 11 is 0. The lowest BCUT2D eigenvalue weighted by Gasteiger charge is -2.35. The normalized spacial score (nSPS) is 18.9. The van der Waals surface area contributed by atoms with Crippen LogP contribution in [0.15, 0.2) is 24.5 Å². The van der Waals surface area contributed by atoms with E-state index in [9.17, 15) is 9.59 Å². The van der Waals surface area contributed by atoms with E-state index in [1.165, 1.54) is 0 Å². The van der Waals surface area contributed by atoms with Crippen LogP contribution < -0.4 is 0 Å². The van der Waals surface area contributed by atoms with E-state index in [1.807, 2.05) is 0 Å². The Morgan fingerprint density at radius 1 is 1.38 bits per heavy atom. The highest BCUT2D eigenvalue weighted by molar-refractivity contribution is 5.97. The molecule has 1 aromatic heterocycles. The fourth-order valence-electron chi connectivity index (χ4n) is 2.92. The number of hydrogen-bond donors (Lipinski definition) is 2. The number of carbonyl (C=O) groups excluding carboxylic acids is 1. The number of nitrogens with one attached hydrogen (secondary N) is 1. The van der Waals surface area contributed by atoms with Gasteiger partial charge in [-0.25, -0.2) is 4.98 Å². The third-order valence-corrected chi connectivity index (χ3v) is 3.97. The summed E-state index contributed by atoms with van der Waals surface area (Å²) in [6.45, 7) is 0.623. The van der Waals surface area contributed by atoms with Crippen molar-refractivity contribution in [2.75, 3.05) is 6.54 Å². The fourth-order valence-corrected chi connectivity index (χ4v) is 2.92. The summed E-state index contributed by atoms with van der Waals surface area (Å²) in [6.07, 6.45) is 4.25. The Morgan fingerprint density at radius 2 is 2.24 bits per heavy atom. The van der Waals surface area contributed by atoms with Gasteiger partial charge in [0.2, 0.25) is 0 Å². The fraction of sp³-hybridized carbons (Fsp3) is 0.400. The van der Waals surface area contributed by atoms with Gasteiger partial charge in [0.25, 0.3) is 5.91 Å². The number of benzene rings is 1. The van der Waals surface area contributed by atoms with Gasteiger partial charge in [-0.15, -0.1) is 0 Å². The van der Waals surface area contributed by atoms with Gasteiger partial charge < -0.3 is 15.0 Å². The zero-order valence-corrected chi connectivity index (χ0v) is 11.6. The number of piperidine rings is 1. The summed E-state index contributed by atoms with van der Waals surface area (Å²) in [4.78, 5) is 32.4. The molecule has 0 spiro atoms. The van der Waals surface area contributed by atoms with Crippen LogP contribution in [0.3, 0.4) is 0 Å². The Hall–Kier alpha value is -2.37. The van der Waals surface area contributed by atoms with Crippen LogP contribution in [-0.2, 0) is 4.79 Å². The van der Waals surface area contributed by atoms with Crippen molar-refractivity contribution in [1.82, 2.24) is 14.9 Å². The van der Waals surface area contributed by atoms with Crippen LogP contribution in [0.1, 0.15) is 36.0 Å². The highest BCUT2D eigenvalue weighted by Crippen LogP contribution is 2.23. The van der Waals surface area contributed by atoms with Gasteiger partial charge in [-0.3, -0.25) is 9.59 Å². The van der Waals surface area contributed by atoms with Crippen molar-refractivity contribution in [2.45, 2.75) is 31.7 Å². The van der Waals surface area contributed by atoms with Crippen LogP contribution in [-0.4, -0.2) is 44.4 Å². The predicted octanol–water partition coefficient (Wildman–Crippen LogP) is 2.03. The molecule has 2 heterocycles. The lowest BCUT2D eigenvalue weighted by atomic mass is 9.98. The quantitative estimate of drug-likeness (QED) is 0.904. The van der Waals surface area contributed by atoms with Crippen molar-refractivity contribution in [3.63, 3.8) is 0 Å². The number of H-pyrrole nitrogens is 1. The summed E-state index contributed by atoms with van der Waals surface area (Å²) in [7, 11) is 0. The Labute approximate surface area is 121 Å². The van der Waals surface area contributed by atoms with E-state index in [0.29, 0.717) is 12.1 Å². The lowest BCUT2D eigenvalue weighted by Crippen LogP contribution is -2.44. The van der Waals surface area contributed by atoms with Gasteiger partial charge in [-0.05, 0) is 37.5 Å². The maximum Gasteiger partial charge on any atom is 0.305 e. The lowest BCUT2D eigenvalue weighted by molar-refractivity contribution is -0.138. The molecule has 2 N–H and O–H groups in total. The molecule has 6 nitrogen and oxygen atoms in total. The van der Waals surface area contributed by atoms with E-state index in [0.717, 1.165) is 30.3 Å². The molecule has 0 bridgehead atoms. The first kappa shape index (κ1) is 13.6. The molecule has 110 valence electrons. The molecule has 1 saturated heterocycles. The zero-order valence-electron chi connectivity index (χ0n) is 11.6. The first-order valence-corrected chi connectivity index (χ1v) is 7.11. The molecule has 2 aromatic rings. The van der Waals surface area contributed by atoms with Gasteiger partial charge in [0, 0.05) is 18.2 Å². The second kappa shape index (κ2) is 5.55. The number of fused-ring (bicyclic) bond motifs is 1. The number of likely N-dealkylation sites (tertiary alicyclic amines) is 1. The molecule has 1 aromatic carbocycles. The molecule has 1 fully saturated rings. The minimum atomic E-state index is -0.858. The van der Waals surface area contributed by atoms with Crippen molar-refractivity contribution < 1.29 is 14.7 Å². The third-order valence-electron chi connectivity index (χ3n) is 3.97. The average Bonchev–Trinajstić information content (AvgIpc) is 2.94. The van der Waals surface area contributed by atoms with Crippen LogP contribution in [0.5, 0.6) is 0 Å². The molecule has 1 amide bonds. The minimum Gasteiger partial charge on any atom is -0.481 e. The van der Waals surface area contributed by atoms with Gasteiger partial charge >= 0.3 is 5.97 Å². The smallest absolute Gasteiger partial charge is 0.305 e. The molecule has 1 aliphatic rings. The Bertz CT molecular complexity index is 680. The second-order valence-electron chi connectivity index (χ2n) is 5.38. The number of hydrogen-bond acceptors (Lipinski definition) is 3. The van der Waals surface area contributed by atoms with Gasteiger partial charge in [-0.1, -0.05) is 0 Å². The number of carbonyl (C=O) groups is 2. The largest absolute Gasteiger partial charge is 0.481 e. The molecule has 1 atom stereocenters. The highest BCUT2D eigenvalue weighted by Gasteiger charge is 2.29. The SMILES string of the molecule is O=C(O)CC1CCCCN1C(=O)c1ccc2nc[nH]c2c1. The van der Waals surface area contributed by atoms with Crippen LogP contribution in [0.25, 0.3) is 11.0 Å². The monoisotopic (exact) mass is 287 g/mol. The molecule has 3 rings (SSSR count). The number of carboxylic acids is 1. The molecule has 1 unspecified atom stereocenters. The van der Waals surface area contributed by atoms with Gasteiger partial charge in [0.05, 0.1) is 23.8 Å².